The predicted octanol–water partition coefficient (Wildman–Crippen LogP) is 2.56. The SMILES string of the molecule is O=C(NCCCN1Cc2ccccc2C1)[C@@H]1CCN(c2ccccc2)C1=O. The zero-order valence-corrected chi connectivity index (χ0v) is 15.4. The fourth-order valence-electron chi connectivity index (χ4n) is 3.99. The lowest BCUT2D eigenvalue weighted by molar-refractivity contribution is -0.132. The second kappa shape index (κ2) is 7.92. The van der Waals surface area contributed by atoms with E-state index in [1.807, 2.05) is 30.3 Å². The summed E-state index contributed by atoms with van der Waals surface area (Å²) in [5.74, 6) is -0.780. The lowest BCUT2D eigenvalue weighted by Crippen LogP contribution is -2.37. The highest BCUT2D eigenvalue weighted by atomic mass is 16.2. The van der Waals surface area contributed by atoms with E-state index in [-0.39, 0.29) is 11.8 Å². The number of carbonyl (C=O) groups is 2. The van der Waals surface area contributed by atoms with Gasteiger partial charge in [-0.25, -0.2) is 0 Å². The van der Waals surface area contributed by atoms with E-state index in [0.717, 1.165) is 31.7 Å². The van der Waals surface area contributed by atoms with Gasteiger partial charge in [0.25, 0.3) is 0 Å². The van der Waals surface area contributed by atoms with Gasteiger partial charge in [0.15, 0.2) is 0 Å². The molecule has 5 nitrogen and oxygen atoms in total. The molecule has 2 aromatic rings. The summed E-state index contributed by atoms with van der Waals surface area (Å²) in [6.45, 7) is 4.13. The summed E-state index contributed by atoms with van der Waals surface area (Å²) in [7, 11) is 0. The molecule has 5 heteroatoms. The van der Waals surface area contributed by atoms with Gasteiger partial charge in [-0.15, -0.1) is 0 Å². The molecule has 2 aliphatic rings. The Labute approximate surface area is 160 Å². The van der Waals surface area contributed by atoms with Crippen LogP contribution in [0, 0.1) is 5.92 Å². The third kappa shape index (κ3) is 3.88. The third-order valence-electron chi connectivity index (χ3n) is 5.45. The van der Waals surface area contributed by atoms with Gasteiger partial charge in [-0.2, -0.15) is 0 Å². The first kappa shape index (κ1) is 17.7. The second-order valence-electron chi connectivity index (χ2n) is 7.29. The van der Waals surface area contributed by atoms with Gasteiger partial charge >= 0.3 is 0 Å². The summed E-state index contributed by atoms with van der Waals surface area (Å²) in [4.78, 5) is 29.1. The van der Waals surface area contributed by atoms with Crippen molar-refractivity contribution in [3.05, 3.63) is 65.7 Å². The maximum Gasteiger partial charge on any atom is 0.239 e. The smallest absolute Gasteiger partial charge is 0.239 e. The number of carbonyl (C=O) groups excluding carboxylic acids is 2. The molecular weight excluding hydrogens is 338 g/mol. The van der Waals surface area contributed by atoms with Crippen LogP contribution in [0.3, 0.4) is 0 Å². The van der Waals surface area contributed by atoms with E-state index < -0.39 is 5.92 Å². The Bertz CT molecular complexity index is 796. The van der Waals surface area contributed by atoms with Gasteiger partial charge in [-0.3, -0.25) is 14.5 Å². The number of rotatable bonds is 6. The van der Waals surface area contributed by atoms with E-state index >= 15 is 0 Å². The van der Waals surface area contributed by atoms with Crippen LogP contribution in [0.4, 0.5) is 5.69 Å². The Hall–Kier alpha value is -2.66. The van der Waals surface area contributed by atoms with Crippen molar-refractivity contribution in [1.82, 2.24) is 10.2 Å². The molecule has 1 fully saturated rings. The summed E-state index contributed by atoms with van der Waals surface area (Å²) >= 11 is 0. The van der Waals surface area contributed by atoms with Crippen LogP contribution >= 0.6 is 0 Å². The number of amides is 2. The lowest BCUT2D eigenvalue weighted by atomic mass is 10.1. The van der Waals surface area contributed by atoms with Crippen molar-refractivity contribution < 1.29 is 9.59 Å². The van der Waals surface area contributed by atoms with Gasteiger partial charge in [-0.05, 0) is 36.1 Å². The summed E-state index contributed by atoms with van der Waals surface area (Å²) in [5.41, 5.74) is 3.67. The van der Waals surface area contributed by atoms with E-state index in [9.17, 15) is 9.59 Å². The molecule has 0 saturated carbocycles. The molecule has 0 aliphatic carbocycles. The number of nitrogens with zero attached hydrogens (tertiary/aromatic N) is 2. The Balaban J connectivity index is 1.21. The Kier molecular flexibility index (Phi) is 5.21. The number of benzene rings is 2. The molecule has 0 aromatic heterocycles. The van der Waals surface area contributed by atoms with Crippen LogP contribution < -0.4 is 10.2 Å². The number of anilines is 1. The fourth-order valence-corrected chi connectivity index (χ4v) is 3.99. The quantitative estimate of drug-likeness (QED) is 0.634. The molecule has 2 amide bonds. The summed E-state index contributed by atoms with van der Waals surface area (Å²) in [6, 6.07) is 18.1. The molecule has 0 unspecified atom stereocenters. The van der Waals surface area contributed by atoms with Crippen LogP contribution in [0.25, 0.3) is 0 Å². The molecule has 2 aliphatic heterocycles. The van der Waals surface area contributed by atoms with Gasteiger partial charge < -0.3 is 10.2 Å². The largest absolute Gasteiger partial charge is 0.355 e. The topological polar surface area (TPSA) is 52.7 Å². The highest BCUT2D eigenvalue weighted by Crippen LogP contribution is 2.25. The average molecular weight is 363 g/mol. The van der Waals surface area contributed by atoms with Crippen molar-refractivity contribution in [3.8, 4) is 0 Å². The molecule has 140 valence electrons. The molecule has 1 saturated heterocycles. The van der Waals surface area contributed by atoms with Crippen molar-refractivity contribution in [1.29, 1.82) is 0 Å². The van der Waals surface area contributed by atoms with E-state index in [1.54, 1.807) is 4.90 Å². The third-order valence-corrected chi connectivity index (χ3v) is 5.45. The standard InChI is InChI=1S/C22H25N3O2/c26-21(20-11-14-25(22(20)27)19-9-2-1-3-10-19)23-12-6-13-24-15-17-7-4-5-8-18(17)16-24/h1-5,7-10,20H,6,11-16H2,(H,23,26)/t20-/m0/s1. The number of nitrogens with one attached hydrogen (secondary N) is 1. The number of hydrogen-bond donors (Lipinski definition) is 1. The minimum atomic E-state index is -0.554. The predicted molar refractivity (Wildman–Crippen MR) is 105 cm³/mol. The first-order valence-corrected chi connectivity index (χ1v) is 9.65. The van der Waals surface area contributed by atoms with Gasteiger partial charge in [0.05, 0.1) is 0 Å². The maximum atomic E-state index is 12.6. The van der Waals surface area contributed by atoms with Gasteiger partial charge in [0.2, 0.25) is 11.8 Å². The van der Waals surface area contributed by atoms with Gasteiger partial charge in [0, 0.05) is 38.4 Å². The first-order valence-electron chi connectivity index (χ1n) is 9.65. The molecule has 0 radical (unpaired) electrons. The minimum Gasteiger partial charge on any atom is -0.355 e. The molecule has 0 bridgehead atoms. The highest BCUT2D eigenvalue weighted by molar-refractivity contribution is 6.09. The second-order valence-corrected chi connectivity index (χ2v) is 7.29. The molecule has 1 atom stereocenters. The molecule has 4 rings (SSSR count). The normalized spacial score (nSPS) is 19.3. The van der Waals surface area contributed by atoms with Crippen LogP contribution in [-0.2, 0) is 22.7 Å². The van der Waals surface area contributed by atoms with Crippen molar-refractivity contribution in [2.45, 2.75) is 25.9 Å². The summed E-state index contributed by atoms with van der Waals surface area (Å²) < 4.78 is 0. The molecule has 2 aromatic carbocycles. The van der Waals surface area contributed by atoms with Crippen LogP contribution in [0.15, 0.2) is 54.6 Å². The number of para-hydroxylation sites is 1. The van der Waals surface area contributed by atoms with E-state index in [2.05, 4.69) is 34.5 Å². The summed E-state index contributed by atoms with van der Waals surface area (Å²) in [5, 5.41) is 2.96. The van der Waals surface area contributed by atoms with Crippen LogP contribution in [-0.4, -0.2) is 36.3 Å². The monoisotopic (exact) mass is 363 g/mol. The average Bonchev–Trinajstić information content (AvgIpc) is 3.29. The van der Waals surface area contributed by atoms with Crippen molar-refractivity contribution in [2.24, 2.45) is 5.92 Å². The minimum absolute atomic E-state index is 0.0892. The Morgan fingerprint density at radius 2 is 1.67 bits per heavy atom. The zero-order valence-electron chi connectivity index (χ0n) is 15.4. The highest BCUT2D eigenvalue weighted by Gasteiger charge is 2.37. The van der Waals surface area contributed by atoms with Gasteiger partial charge in [-0.1, -0.05) is 42.5 Å². The number of hydrogen-bond acceptors (Lipinski definition) is 3. The van der Waals surface area contributed by atoms with E-state index in [0.29, 0.717) is 19.5 Å². The van der Waals surface area contributed by atoms with Crippen LogP contribution in [0.2, 0.25) is 0 Å². The molecule has 0 spiro atoms. The Morgan fingerprint density at radius 1 is 1.00 bits per heavy atom. The first-order chi connectivity index (χ1) is 13.2. The number of fused-ring (bicyclic) bond motifs is 1. The lowest BCUT2D eigenvalue weighted by Gasteiger charge is -2.17. The summed E-state index contributed by atoms with van der Waals surface area (Å²) in [6.07, 6.45) is 1.48. The molecule has 1 N–H and O–H groups in total. The Morgan fingerprint density at radius 3 is 2.37 bits per heavy atom. The molecule has 2 heterocycles. The molecular formula is C22H25N3O2. The van der Waals surface area contributed by atoms with Crippen molar-refractivity contribution >= 4 is 17.5 Å². The molecule has 27 heavy (non-hydrogen) atoms. The van der Waals surface area contributed by atoms with E-state index in [1.165, 1.54) is 11.1 Å². The van der Waals surface area contributed by atoms with E-state index in [4.69, 9.17) is 0 Å². The maximum absolute atomic E-state index is 12.6. The van der Waals surface area contributed by atoms with Crippen molar-refractivity contribution in [3.63, 3.8) is 0 Å². The van der Waals surface area contributed by atoms with Gasteiger partial charge in [0.1, 0.15) is 5.92 Å². The zero-order chi connectivity index (χ0) is 18.6. The fraction of sp³-hybridized carbons (Fsp3) is 0.364. The van der Waals surface area contributed by atoms with Crippen LogP contribution in [0.5, 0.6) is 0 Å². The van der Waals surface area contributed by atoms with Crippen LogP contribution in [0.1, 0.15) is 24.0 Å². The van der Waals surface area contributed by atoms with Crippen molar-refractivity contribution in [2.75, 3.05) is 24.5 Å².